The van der Waals surface area contributed by atoms with Gasteiger partial charge in [0.25, 0.3) is 0 Å². The molecule has 0 N–H and O–H groups in total. The highest BCUT2D eigenvalue weighted by molar-refractivity contribution is 5.96. The standard InChI is InChI=1S/C21H26O2/c1-13-17-9-7-15-14-5-4-6-20(23-3)16(14)8-10-18(15)21(17,2)12-11-19(13)22/h4-6,15,18H,7-12H2,1-3H3/t15-,18+,21-/m0/s1. The molecule has 1 saturated carbocycles. The fraction of sp³-hybridized carbons (Fsp3) is 0.571. The number of hydrogen-bond donors (Lipinski definition) is 0. The van der Waals surface area contributed by atoms with Crippen molar-refractivity contribution in [3.63, 3.8) is 0 Å². The second-order valence-corrected chi connectivity index (χ2v) is 7.76. The Kier molecular flexibility index (Phi) is 3.40. The van der Waals surface area contributed by atoms with Crippen LogP contribution in [0.25, 0.3) is 0 Å². The fourth-order valence-corrected chi connectivity index (χ4v) is 5.72. The van der Waals surface area contributed by atoms with Gasteiger partial charge < -0.3 is 4.74 Å². The van der Waals surface area contributed by atoms with Crippen molar-refractivity contribution < 1.29 is 9.53 Å². The molecule has 0 aromatic heterocycles. The summed E-state index contributed by atoms with van der Waals surface area (Å²) in [6, 6.07) is 6.55. The molecule has 0 heterocycles. The summed E-state index contributed by atoms with van der Waals surface area (Å²) in [5, 5.41) is 0. The van der Waals surface area contributed by atoms with Crippen LogP contribution in [0, 0.1) is 11.3 Å². The van der Waals surface area contributed by atoms with E-state index in [-0.39, 0.29) is 5.41 Å². The lowest BCUT2D eigenvalue weighted by Gasteiger charge is -2.53. The Morgan fingerprint density at radius 1 is 1.17 bits per heavy atom. The molecule has 3 atom stereocenters. The minimum absolute atomic E-state index is 0.224. The minimum Gasteiger partial charge on any atom is -0.496 e. The third kappa shape index (κ3) is 2.03. The van der Waals surface area contributed by atoms with Gasteiger partial charge in [-0.05, 0) is 79.0 Å². The number of carbonyl (C=O) groups excluding carboxylic acids is 1. The number of ketones is 1. The average Bonchev–Trinajstić information content (AvgIpc) is 2.57. The quantitative estimate of drug-likeness (QED) is 0.743. The van der Waals surface area contributed by atoms with Crippen LogP contribution in [-0.2, 0) is 11.2 Å². The van der Waals surface area contributed by atoms with Gasteiger partial charge in [-0.15, -0.1) is 0 Å². The normalized spacial score (nSPS) is 32.9. The summed E-state index contributed by atoms with van der Waals surface area (Å²) in [5.74, 6) is 2.74. The average molecular weight is 310 g/mol. The van der Waals surface area contributed by atoms with Crippen LogP contribution in [0.3, 0.4) is 0 Å². The molecule has 0 amide bonds. The van der Waals surface area contributed by atoms with Gasteiger partial charge in [-0.2, -0.15) is 0 Å². The van der Waals surface area contributed by atoms with E-state index >= 15 is 0 Å². The maximum absolute atomic E-state index is 12.2. The number of fused-ring (bicyclic) bond motifs is 5. The van der Waals surface area contributed by atoms with E-state index in [1.54, 1.807) is 7.11 Å². The smallest absolute Gasteiger partial charge is 0.158 e. The van der Waals surface area contributed by atoms with Crippen LogP contribution >= 0.6 is 0 Å². The Hall–Kier alpha value is -1.57. The summed E-state index contributed by atoms with van der Waals surface area (Å²) in [6.45, 7) is 4.50. The van der Waals surface area contributed by atoms with E-state index in [0.29, 0.717) is 17.6 Å². The molecule has 2 nitrogen and oxygen atoms in total. The van der Waals surface area contributed by atoms with Crippen LogP contribution in [0.4, 0.5) is 0 Å². The predicted octanol–water partition coefficient (Wildman–Crippen LogP) is 4.82. The summed E-state index contributed by atoms with van der Waals surface area (Å²) in [6.07, 6.45) is 6.38. The largest absolute Gasteiger partial charge is 0.496 e. The molecule has 4 rings (SSSR count). The van der Waals surface area contributed by atoms with Gasteiger partial charge in [-0.3, -0.25) is 4.79 Å². The Bertz CT molecular complexity index is 700. The molecule has 0 unspecified atom stereocenters. The Labute approximate surface area is 138 Å². The SMILES string of the molecule is COc1cccc2c1CC[C@@H]1[C@H]2CCC2=C(C)C(=O)CC[C@@]21C. The molecule has 2 heteroatoms. The van der Waals surface area contributed by atoms with Crippen molar-refractivity contribution in [2.75, 3.05) is 7.11 Å². The lowest BCUT2D eigenvalue weighted by Crippen LogP contribution is -2.43. The highest BCUT2D eigenvalue weighted by Gasteiger charge is 2.50. The molecule has 1 aromatic rings. The van der Waals surface area contributed by atoms with Crippen LogP contribution in [0.1, 0.15) is 63.0 Å². The highest BCUT2D eigenvalue weighted by Crippen LogP contribution is 2.60. The molecule has 0 radical (unpaired) electrons. The fourth-order valence-electron chi connectivity index (χ4n) is 5.72. The van der Waals surface area contributed by atoms with Crippen LogP contribution in [0.5, 0.6) is 5.75 Å². The molecular formula is C21H26O2. The molecule has 0 saturated heterocycles. The number of ether oxygens (including phenoxy) is 1. The number of carbonyl (C=O) groups is 1. The third-order valence-corrected chi connectivity index (χ3v) is 6.94. The van der Waals surface area contributed by atoms with Crippen molar-refractivity contribution in [3.05, 3.63) is 40.5 Å². The molecule has 3 aliphatic rings. The maximum atomic E-state index is 12.2. The van der Waals surface area contributed by atoms with Crippen LogP contribution in [-0.4, -0.2) is 12.9 Å². The lowest BCUT2D eigenvalue weighted by atomic mass is 9.51. The second kappa shape index (κ2) is 5.22. The molecule has 0 bridgehead atoms. The van der Waals surface area contributed by atoms with Crippen molar-refractivity contribution in [2.24, 2.45) is 11.3 Å². The number of Topliss-reactive ketones (excluding diaryl/α,β-unsaturated/α-hetero) is 1. The van der Waals surface area contributed by atoms with Crippen molar-refractivity contribution in [1.82, 2.24) is 0 Å². The van der Waals surface area contributed by atoms with E-state index in [9.17, 15) is 4.79 Å². The van der Waals surface area contributed by atoms with Crippen molar-refractivity contribution in [2.45, 2.75) is 58.3 Å². The lowest BCUT2D eigenvalue weighted by molar-refractivity contribution is -0.117. The summed E-state index contributed by atoms with van der Waals surface area (Å²) in [5.41, 5.74) is 5.71. The molecule has 0 aliphatic heterocycles. The molecule has 0 spiro atoms. The van der Waals surface area contributed by atoms with Gasteiger partial charge in [-0.25, -0.2) is 0 Å². The summed E-state index contributed by atoms with van der Waals surface area (Å²) < 4.78 is 5.60. The number of allylic oxidation sites excluding steroid dienone is 2. The zero-order valence-electron chi connectivity index (χ0n) is 14.4. The van der Waals surface area contributed by atoms with Crippen molar-refractivity contribution >= 4 is 5.78 Å². The third-order valence-electron chi connectivity index (χ3n) is 6.94. The maximum Gasteiger partial charge on any atom is 0.158 e. The minimum atomic E-state index is 0.224. The van der Waals surface area contributed by atoms with Crippen LogP contribution in [0.15, 0.2) is 29.3 Å². The second-order valence-electron chi connectivity index (χ2n) is 7.76. The van der Waals surface area contributed by atoms with Gasteiger partial charge in [0.2, 0.25) is 0 Å². The first-order valence-corrected chi connectivity index (χ1v) is 8.95. The zero-order valence-corrected chi connectivity index (χ0v) is 14.4. The van der Waals surface area contributed by atoms with Crippen molar-refractivity contribution in [3.8, 4) is 5.75 Å². The van der Waals surface area contributed by atoms with E-state index < -0.39 is 0 Å². The predicted molar refractivity (Wildman–Crippen MR) is 91.8 cm³/mol. The van der Waals surface area contributed by atoms with Gasteiger partial charge in [0.1, 0.15) is 5.75 Å². The van der Waals surface area contributed by atoms with E-state index in [2.05, 4.69) is 32.0 Å². The number of methoxy groups -OCH3 is 1. The Morgan fingerprint density at radius 3 is 2.78 bits per heavy atom. The first-order chi connectivity index (χ1) is 11.1. The molecule has 122 valence electrons. The van der Waals surface area contributed by atoms with E-state index in [1.165, 1.54) is 29.5 Å². The summed E-state index contributed by atoms with van der Waals surface area (Å²) in [7, 11) is 1.78. The van der Waals surface area contributed by atoms with E-state index in [0.717, 1.165) is 37.0 Å². The number of benzene rings is 1. The first kappa shape index (κ1) is 15.0. The van der Waals surface area contributed by atoms with Gasteiger partial charge in [0.15, 0.2) is 5.78 Å². The zero-order chi connectivity index (χ0) is 16.2. The monoisotopic (exact) mass is 310 g/mol. The van der Waals surface area contributed by atoms with Crippen LogP contribution < -0.4 is 4.74 Å². The molecule has 23 heavy (non-hydrogen) atoms. The molecule has 3 aliphatic carbocycles. The molecule has 1 aromatic carbocycles. The van der Waals surface area contributed by atoms with E-state index in [4.69, 9.17) is 4.74 Å². The van der Waals surface area contributed by atoms with Gasteiger partial charge >= 0.3 is 0 Å². The Morgan fingerprint density at radius 2 is 2.00 bits per heavy atom. The van der Waals surface area contributed by atoms with E-state index in [1.807, 2.05) is 0 Å². The van der Waals surface area contributed by atoms with Gasteiger partial charge in [0, 0.05) is 6.42 Å². The number of rotatable bonds is 1. The van der Waals surface area contributed by atoms with Gasteiger partial charge in [0.05, 0.1) is 7.11 Å². The number of hydrogen-bond acceptors (Lipinski definition) is 2. The summed E-state index contributed by atoms with van der Waals surface area (Å²) in [4.78, 5) is 12.2. The molecular weight excluding hydrogens is 284 g/mol. The Balaban J connectivity index is 1.79. The van der Waals surface area contributed by atoms with Crippen LogP contribution in [0.2, 0.25) is 0 Å². The molecule has 1 fully saturated rings. The highest BCUT2D eigenvalue weighted by atomic mass is 16.5. The topological polar surface area (TPSA) is 26.3 Å². The van der Waals surface area contributed by atoms with Gasteiger partial charge in [-0.1, -0.05) is 24.6 Å². The van der Waals surface area contributed by atoms with Crippen molar-refractivity contribution in [1.29, 1.82) is 0 Å². The first-order valence-electron chi connectivity index (χ1n) is 8.95. The summed E-state index contributed by atoms with van der Waals surface area (Å²) >= 11 is 0.